The fourth-order valence-corrected chi connectivity index (χ4v) is 3.39. The molecule has 3 N–H and O–H groups in total. The maximum absolute atomic E-state index is 12.3. The summed E-state index contributed by atoms with van der Waals surface area (Å²) in [6.45, 7) is 5.95. The van der Waals surface area contributed by atoms with E-state index in [0.717, 1.165) is 12.1 Å². The largest absolute Gasteiger partial charge is 0.369 e. The van der Waals surface area contributed by atoms with Crippen LogP contribution in [0.5, 0.6) is 0 Å². The highest BCUT2D eigenvalue weighted by atomic mass is 35.5. The molecule has 0 bridgehead atoms. The van der Waals surface area contributed by atoms with Crippen molar-refractivity contribution < 1.29 is 9.59 Å². The number of hydrogen-bond donors (Lipinski definition) is 2. The van der Waals surface area contributed by atoms with Gasteiger partial charge in [-0.25, -0.2) is 0 Å². The first-order valence-electron chi connectivity index (χ1n) is 7.89. The molecule has 2 rings (SSSR count). The van der Waals surface area contributed by atoms with Gasteiger partial charge in [0.2, 0.25) is 11.8 Å². The molecule has 1 saturated heterocycles. The maximum atomic E-state index is 12.3. The molecule has 1 aromatic carbocycles. The molecule has 1 aliphatic rings. The van der Waals surface area contributed by atoms with Crippen LogP contribution in [0.2, 0.25) is 5.02 Å². The monoisotopic (exact) mass is 337 g/mol. The van der Waals surface area contributed by atoms with Crippen molar-refractivity contribution in [3.63, 3.8) is 0 Å². The normalized spacial score (nSPS) is 21.6. The smallest absolute Gasteiger partial charge is 0.231 e. The number of rotatable bonds is 6. The Bertz CT molecular complexity index is 577. The molecule has 2 atom stereocenters. The number of carbonyl (C=O) groups excluding carboxylic acids is 2. The molecule has 0 unspecified atom stereocenters. The van der Waals surface area contributed by atoms with Crippen molar-refractivity contribution in [2.75, 3.05) is 19.6 Å². The lowest BCUT2D eigenvalue weighted by Crippen LogP contribution is -2.43. The van der Waals surface area contributed by atoms with Gasteiger partial charge in [0, 0.05) is 24.2 Å². The summed E-state index contributed by atoms with van der Waals surface area (Å²) in [6, 6.07) is 7.36. The van der Waals surface area contributed by atoms with Crippen LogP contribution in [0.3, 0.4) is 0 Å². The molecule has 23 heavy (non-hydrogen) atoms. The Kier molecular flexibility index (Phi) is 6.02. The van der Waals surface area contributed by atoms with Gasteiger partial charge in [-0.05, 0) is 29.5 Å². The third-order valence-electron chi connectivity index (χ3n) is 4.28. The number of likely N-dealkylation sites (tertiary alicyclic amines) is 1. The molecule has 2 amide bonds. The van der Waals surface area contributed by atoms with Gasteiger partial charge in [-0.15, -0.1) is 0 Å². The molecule has 0 aromatic heterocycles. The number of hydrogen-bond acceptors (Lipinski definition) is 3. The number of halogens is 1. The van der Waals surface area contributed by atoms with Crippen LogP contribution in [-0.4, -0.2) is 42.4 Å². The first-order chi connectivity index (χ1) is 10.8. The van der Waals surface area contributed by atoms with E-state index in [4.69, 9.17) is 17.3 Å². The molecule has 1 heterocycles. The van der Waals surface area contributed by atoms with Gasteiger partial charge in [0.1, 0.15) is 0 Å². The number of amides is 2. The van der Waals surface area contributed by atoms with Crippen LogP contribution in [0.1, 0.15) is 19.4 Å². The average Bonchev–Trinajstić information content (AvgIpc) is 2.80. The van der Waals surface area contributed by atoms with E-state index in [9.17, 15) is 9.59 Å². The van der Waals surface area contributed by atoms with E-state index in [2.05, 4.69) is 19.2 Å². The Morgan fingerprint density at radius 2 is 2.13 bits per heavy atom. The van der Waals surface area contributed by atoms with Gasteiger partial charge in [-0.1, -0.05) is 37.6 Å². The van der Waals surface area contributed by atoms with E-state index in [1.165, 1.54) is 0 Å². The molecule has 6 heteroatoms. The van der Waals surface area contributed by atoms with E-state index in [0.29, 0.717) is 29.8 Å². The van der Waals surface area contributed by atoms with Gasteiger partial charge < -0.3 is 11.1 Å². The minimum atomic E-state index is -0.335. The van der Waals surface area contributed by atoms with Gasteiger partial charge in [0.05, 0.1) is 13.0 Å². The minimum absolute atomic E-state index is 0.0242. The number of nitrogens with two attached hydrogens (primary N) is 1. The third kappa shape index (κ3) is 5.22. The van der Waals surface area contributed by atoms with E-state index in [1.807, 2.05) is 17.0 Å². The van der Waals surface area contributed by atoms with Crippen LogP contribution in [0, 0.1) is 11.8 Å². The fourth-order valence-electron chi connectivity index (χ4n) is 3.18. The lowest BCUT2D eigenvalue weighted by molar-refractivity contribution is -0.121. The Labute approximate surface area is 142 Å². The topological polar surface area (TPSA) is 75.4 Å². The summed E-state index contributed by atoms with van der Waals surface area (Å²) in [7, 11) is 0. The summed E-state index contributed by atoms with van der Waals surface area (Å²) in [4.78, 5) is 25.4. The zero-order valence-electron chi connectivity index (χ0n) is 13.6. The van der Waals surface area contributed by atoms with Crippen LogP contribution in [-0.2, 0) is 16.0 Å². The highest BCUT2D eigenvalue weighted by Gasteiger charge is 2.35. The SMILES string of the molecule is CC(C)[C@@H]1CN(CC(N)=O)C[C@H]1NC(=O)Cc1cccc(Cl)c1. The molecular formula is C17H24ClN3O2. The average molecular weight is 338 g/mol. The lowest BCUT2D eigenvalue weighted by atomic mass is 9.91. The summed E-state index contributed by atoms with van der Waals surface area (Å²) < 4.78 is 0. The van der Waals surface area contributed by atoms with Crippen LogP contribution < -0.4 is 11.1 Å². The van der Waals surface area contributed by atoms with Gasteiger partial charge in [-0.2, -0.15) is 0 Å². The van der Waals surface area contributed by atoms with E-state index < -0.39 is 0 Å². The minimum Gasteiger partial charge on any atom is -0.369 e. The highest BCUT2D eigenvalue weighted by molar-refractivity contribution is 6.30. The summed E-state index contributed by atoms with van der Waals surface area (Å²) >= 11 is 5.95. The second kappa shape index (κ2) is 7.79. The third-order valence-corrected chi connectivity index (χ3v) is 4.51. The van der Waals surface area contributed by atoms with Crippen LogP contribution in [0.15, 0.2) is 24.3 Å². The molecule has 126 valence electrons. The van der Waals surface area contributed by atoms with Crippen molar-refractivity contribution in [1.82, 2.24) is 10.2 Å². The second-order valence-electron chi connectivity index (χ2n) is 6.55. The number of benzene rings is 1. The Balaban J connectivity index is 1.96. The Morgan fingerprint density at radius 3 is 2.74 bits per heavy atom. The van der Waals surface area contributed by atoms with Crippen molar-refractivity contribution in [3.05, 3.63) is 34.9 Å². The first kappa shape index (κ1) is 17.8. The van der Waals surface area contributed by atoms with Gasteiger partial charge in [0.25, 0.3) is 0 Å². The summed E-state index contributed by atoms with van der Waals surface area (Å²) in [5.41, 5.74) is 6.17. The highest BCUT2D eigenvalue weighted by Crippen LogP contribution is 2.24. The number of nitrogens with one attached hydrogen (secondary N) is 1. The quantitative estimate of drug-likeness (QED) is 0.824. The summed E-state index contributed by atoms with van der Waals surface area (Å²) in [5, 5.41) is 3.73. The Hall–Kier alpha value is -1.59. The van der Waals surface area contributed by atoms with Crippen LogP contribution in [0.25, 0.3) is 0 Å². The molecule has 0 aliphatic carbocycles. The number of primary amides is 1. The van der Waals surface area contributed by atoms with Crippen LogP contribution in [0.4, 0.5) is 0 Å². The first-order valence-corrected chi connectivity index (χ1v) is 8.27. The molecule has 0 radical (unpaired) electrons. The van der Waals surface area contributed by atoms with Crippen molar-refractivity contribution in [1.29, 1.82) is 0 Å². The molecule has 1 aromatic rings. The summed E-state index contributed by atoms with van der Waals surface area (Å²) in [6.07, 6.45) is 0.303. The number of carbonyl (C=O) groups is 2. The van der Waals surface area contributed by atoms with Crippen molar-refractivity contribution in [3.8, 4) is 0 Å². The zero-order valence-corrected chi connectivity index (χ0v) is 14.3. The van der Waals surface area contributed by atoms with E-state index in [-0.39, 0.29) is 24.4 Å². The van der Waals surface area contributed by atoms with E-state index in [1.54, 1.807) is 12.1 Å². The van der Waals surface area contributed by atoms with Crippen molar-refractivity contribution in [2.24, 2.45) is 17.6 Å². The molecule has 1 aliphatic heterocycles. The molecule has 0 spiro atoms. The van der Waals surface area contributed by atoms with Crippen molar-refractivity contribution >= 4 is 23.4 Å². The fraction of sp³-hybridized carbons (Fsp3) is 0.529. The standard InChI is InChI=1S/C17H24ClN3O2/c1-11(2)14-8-21(10-16(19)22)9-15(14)20-17(23)7-12-4-3-5-13(18)6-12/h3-6,11,14-15H,7-10H2,1-2H3,(H2,19,22)(H,20,23)/t14-,15+/m0/s1. The molecular weight excluding hydrogens is 314 g/mol. The predicted molar refractivity (Wildman–Crippen MR) is 91.0 cm³/mol. The van der Waals surface area contributed by atoms with Gasteiger partial charge >= 0.3 is 0 Å². The molecule has 5 nitrogen and oxygen atoms in total. The Morgan fingerprint density at radius 1 is 1.39 bits per heavy atom. The lowest BCUT2D eigenvalue weighted by Gasteiger charge is -2.23. The predicted octanol–water partition coefficient (Wildman–Crippen LogP) is 1.44. The van der Waals surface area contributed by atoms with Gasteiger partial charge in [0.15, 0.2) is 0 Å². The van der Waals surface area contributed by atoms with Crippen molar-refractivity contribution in [2.45, 2.75) is 26.3 Å². The van der Waals surface area contributed by atoms with Gasteiger partial charge in [-0.3, -0.25) is 14.5 Å². The maximum Gasteiger partial charge on any atom is 0.231 e. The van der Waals surface area contributed by atoms with E-state index >= 15 is 0 Å². The number of nitrogens with zero attached hydrogens (tertiary/aromatic N) is 1. The molecule has 0 saturated carbocycles. The molecule has 1 fully saturated rings. The van der Waals surface area contributed by atoms with Crippen LogP contribution >= 0.6 is 11.6 Å². The second-order valence-corrected chi connectivity index (χ2v) is 6.99. The zero-order chi connectivity index (χ0) is 17.0. The summed E-state index contributed by atoms with van der Waals surface area (Å²) in [5.74, 6) is 0.379.